The van der Waals surface area contributed by atoms with Crippen molar-refractivity contribution in [1.29, 1.82) is 0 Å². The fourth-order valence-electron chi connectivity index (χ4n) is 1.06. The molecule has 0 aromatic carbocycles. The summed E-state index contributed by atoms with van der Waals surface area (Å²) in [5.74, 6) is 0.0413. The van der Waals surface area contributed by atoms with Crippen molar-refractivity contribution >= 4 is 40.7 Å². The lowest BCUT2D eigenvalue weighted by atomic mass is 10.3. The van der Waals surface area contributed by atoms with Gasteiger partial charge < -0.3 is 10.9 Å². The highest BCUT2D eigenvalue weighted by Crippen LogP contribution is 2.31. The maximum absolute atomic E-state index is 8.53. The summed E-state index contributed by atoms with van der Waals surface area (Å²) < 4.78 is 1.76. The van der Waals surface area contributed by atoms with Crippen molar-refractivity contribution in [3.8, 4) is 0 Å². The SMILES string of the molecule is CSc1nnc(Sc2ccc(/C(N)=N/O)cn2)s1. The summed E-state index contributed by atoms with van der Waals surface area (Å²) in [5, 5.41) is 20.3. The Balaban J connectivity index is 2.10. The van der Waals surface area contributed by atoms with Crippen molar-refractivity contribution in [2.75, 3.05) is 6.26 Å². The Bertz CT molecular complexity index is 554. The van der Waals surface area contributed by atoms with E-state index in [1.165, 1.54) is 23.1 Å². The number of aromatic nitrogens is 3. The average molecular weight is 299 g/mol. The van der Waals surface area contributed by atoms with E-state index in [4.69, 9.17) is 10.9 Å². The van der Waals surface area contributed by atoms with Gasteiger partial charge in [-0.2, -0.15) is 0 Å². The molecular formula is C9H9N5OS3. The van der Waals surface area contributed by atoms with Crippen LogP contribution in [-0.2, 0) is 0 Å². The smallest absolute Gasteiger partial charge is 0.181 e. The highest BCUT2D eigenvalue weighted by Gasteiger charge is 2.07. The highest BCUT2D eigenvalue weighted by atomic mass is 32.2. The Morgan fingerprint density at radius 3 is 2.72 bits per heavy atom. The van der Waals surface area contributed by atoms with Crippen molar-refractivity contribution in [2.45, 2.75) is 13.7 Å². The van der Waals surface area contributed by atoms with Gasteiger partial charge in [0, 0.05) is 11.8 Å². The van der Waals surface area contributed by atoms with Crippen molar-refractivity contribution in [2.24, 2.45) is 10.9 Å². The van der Waals surface area contributed by atoms with Gasteiger partial charge in [0.1, 0.15) is 5.03 Å². The minimum Gasteiger partial charge on any atom is -0.409 e. The van der Waals surface area contributed by atoms with Crippen molar-refractivity contribution in [1.82, 2.24) is 15.2 Å². The van der Waals surface area contributed by atoms with Crippen LogP contribution in [0, 0.1) is 0 Å². The molecule has 9 heteroatoms. The van der Waals surface area contributed by atoms with Gasteiger partial charge in [0.2, 0.25) is 0 Å². The summed E-state index contributed by atoms with van der Waals surface area (Å²) in [6, 6.07) is 3.53. The molecule has 0 fully saturated rings. The molecule has 2 heterocycles. The molecule has 0 aliphatic carbocycles. The summed E-state index contributed by atoms with van der Waals surface area (Å²) in [6.45, 7) is 0. The lowest BCUT2D eigenvalue weighted by Crippen LogP contribution is -2.13. The van der Waals surface area contributed by atoms with Crippen LogP contribution in [0.1, 0.15) is 5.56 Å². The molecule has 0 atom stereocenters. The largest absolute Gasteiger partial charge is 0.409 e. The number of hydrogen-bond donors (Lipinski definition) is 2. The molecule has 94 valence electrons. The molecule has 0 bridgehead atoms. The highest BCUT2D eigenvalue weighted by molar-refractivity contribution is 8.02. The number of pyridine rings is 1. The zero-order valence-corrected chi connectivity index (χ0v) is 11.7. The molecule has 6 nitrogen and oxygen atoms in total. The van der Waals surface area contributed by atoms with Gasteiger partial charge in [-0.1, -0.05) is 28.3 Å². The lowest BCUT2D eigenvalue weighted by Gasteiger charge is -1.99. The van der Waals surface area contributed by atoms with Crippen LogP contribution in [0.25, 0.3) is 0 Å². The van der Waals surface area contributed by atoms with Crippen LogP contribution in [-0.4, -0.2) is 32.5 Å². The van der Waals surface area contributed by atoms with E-state index in [0.717, 1.165) is 13.7 Å². The van der Waals surface area contributed by atoms with E-state index in [0.29, 0.717) is 5.56 Å². The zero-order valence-electron chi connectivity index (χ0n) is 9.27. The molecule has 0 aliphatic rings. The molecule has 0 aliphatic heterocycles. The van der Waals surface area contributed by atoms with Crippen LogP contribution in [0.15, 0.2) is 37.2 Å². The summed E-state index contributed by atoms with van der Waals surface area (Å²) in [6.07, 6.45) is 3.51. The van der Waals surface area contributed by atoms with E-state index in [2.05, 4.69) is 20.3 Å². The summed E-state index contributed by atoms with van der Waals surface area (Å²) in [7, 11) is 0. The third kappa shape index (κ3) is 3.12. The molecule has 18 heavy (non-hydrogen) atoms. The average Bonchev–Trinajstić information content (AvgIpc) is 2.86. The maximum atomic E-state index is 8.53. The fourth-order valence-corrected chi connectivity index (χ4v) is 3.39. The minimum atomic E-state index is 0.0413. The van der Waals surface area contributed by atoms with Crippen molar-refractivity contribution in [3.63, 3.8) is 0 Å². The van der Waals surface area contributed by atoms with Crippen LogP contribution in [0.3, 0.4) is 0 Å². The van der Waals surface area contributed by atoms with Gasteiger partial charge >= 0.3 is 0 Å². The standard InChI is InChI=1S/C9H9N5OS3/c1-16-8-12-13-9(18-8)17-6-3-2-5(4-11-6)7(10)14-15/h2-4,15H,1H3,(H2,10,14). The van der Waals surface area contributed by atoms with Crippen LogP contribution in [0.5, 0.6) is 0 Å². The number of amidine groups is 1. The monoisotopic (exact) mass is 299 g/mol. The molecule has 0 saturated heterocycles. The van der Waals surface area contributed by atoms with E-state index < -0.39 is 0 Å². The number of hydrogen-bond acceptors (Lipinski definition) is 8. The van der Waals surface area contributed by atoms with Gasteiger partial charge in [0.15, 0.2) is 14.5 Å². The molecule has 2 aromatic rings. The summed E-state index contributed by atoms with van der Waals surface area (Å²) in [5.41, 5.74) is 6.02. The quantitative estimate of drug-likeness (QED) is 0.292. The van der Waals surface area contributed by atoms with E-state index >= 15 is 0 Å². The number of rotatable bonds is 4. The van der Waals surface area contributed by atoms with Crippen LogP contribution in [0.2, 0.25) is 0 Å². The third-order valence-corrected chi connectivity index (χ3v) is 4.79. The molecule has 0 saturated carbocycles. The van der Waals surface area contributed by atoms with E-state index in [1.807, 2.05) is 6.26 Å². The number of oxime groups is 1. The second-order valence-corrected chi connectivity index (χ2v) is 6.31. The van der Waals surface area contributed by atoms with Gasteiger partial charge in [0.25, 0.3) is 0 Å². The number of nitrogens with zero attached hydrogens (tertiary/aromatic N) is 4. The molecule has 0 unspecified atom stereocenters. The van der Waals surface area contributed by atoms with Crippen molar-refractivity contribution < 1.29 is 5.21 Å². The van der Waals surface area contributed by atoms with Gasteiger partial charge in [-0.05, 0) is 30.2 Å². The summed E-state index contributed by atoms with van der Waals surface area (Å²) >= 11 is 4.51. The molecular weight excluding hydrogens is 290 g/mol. The lowest BCUT2D eigenvalue weighted by molar-refractivity contribution is 0.318. The molecule has 0 spiro atoms. The Morgan fingerprint density at radius 1 is 1.39 bits per heavy atom. The van der Waals surface area contributed by atoms with Crippen LogP contribution in [0.4, 0.5) is 0 Å². The number of thioether (sulfide) groups is 1. The third-order valence-electron chi connectivity index (χ3n) is 1.89. The van der Waals surface area contributed by atoms with Gasteiger partial charge in [-0.15, -0.1) is 10.2 Å². The second kappa shape index (κ2) is 6.03. The summed E-state index contributed by atoms with van der Waals surface area (Å²) in [4.78, 5) is 4.20. The molecule has 2 aromatic heterocycles. The van der Waals surface area contributed by atoms with E-state index in [-0.39, 0.29) is 5.84 Å². The predicted molar refractivity (Wildman–Crippen MR) is 72.6 cm³/mol. The fraction of sp³-hybridized carbons (Fsp3) is 0.111. The first-order valence-electron chi connectivity index (χ1n) is 4.72. The normalized spacial score (nSPS) is 11.7. The minimum absolute atomic E-state index is 0.0413. The van der Waals surface area contributed by atoms with Gasteiger partial charge in [-0.25, -0.2) is 4.98 Å². The first-order valence-corrected chi connectivity index (χ1v) is 7.58. The van der Waals surface area contributed by atoms with Gasteiger partial charge in [0.05, 0.1) is 0 Å². The Kier molecular flexibility index (Phi) is 4.39. The van der Waals surface area contributed by atoms with Crippen LogP contribution < -0.4 is 5.73 Å². The predicted octanol–water partition coefficient (Wildman–Crippen LogP) is 1.90. The zero-order chi connectivity index (χ0) is 13.0. The van der Waals surface area contributed by atoms with E-state index in [9.17, 15) is 0 Å². The maximum Gasteiger partial charge on any atom is 0.181 e. The van der Waals surface area contributed by atoms with Crippen molar-refractivity contribution in [3.05, 3.63) is 23.9 Å². The Hall–Kier alpha value is -1.32. The van der Waals surface area contributed by atoms with Crippen LogP contribution >= 0.6 is 34.9 Å². The van der Waals surface area contributed by atoms with Gasteiger partial charge in [-0.3, -0.25) is 0 Å². The Morgan fingerprint density at radius 2 is 2.17 bits per heavy atom. The first-order chi connectivity index (χ1) is 8.72. The topological polar surface area (TPSA) is 97.3 Å². The van der Waals surface area contributed by atoms with E-state index in [1.54, 1.807) is 30.1 Å². The Labute approximate surface area is 116 Å². The molecule has 2 rings (SSSR count). The molecule has 0 amide bonds. The first kappa shape index (κ1) is 13.1. The second-order valence-electron chi connectivity index (χ2n) is 3.01. The molecule has 0 radical (unpaired) electrons. The number of nitrogens with two attached hydrogens (primary N) is 1. The molecule has 3 N–H and O–H groups in total.